The second-order valence-electron chi connectivity index (χ2n) is 5.12. The van der Waals surface area contributed by atoms with Gasteiger partial charge in [-0.2, -0.15) is 0 Å². The third-order valence-electron chi connectivity index (χ3n) is 1.97. The van der Waals surface area contributed by atoms with Gasteiger partial charge in [0.1, 0.15) is 0 Å². The van der Waals surface area contributed by atoms with Crippen LogP contribution in [0.25, 0.3) is 0 Å². The topological polar surface area (TPSA) is 20.3 Å². The Labute approximate surface area is 92.6 Å². The summed E-state index contributed by atoms with van der Waals surface area (Å²) in [5.74, 6) is 0.204. The van der Waals surface area contributed by atoms with Crippen LogP contribution in [0, 0.1) is 5.41 Å². The average molecular weight is 220 g/mol. The van der Waals surface area contributed by atoms with Crippen LogP contribution in [-0.4, -0.2) is 29.8 Å². The van der Waals surface area contributed by atoms with Crippen LogP contribution in [-0.2, 0) is 4.79 Å². The molecule has 0 N–H and O–H groups in total. The van der Waals surface area contributed by atoms with Gasteiger partial charge in [-0.25, -0.2) is 0 Å². The van der Waals surface area contributed by atoms with Crippen molar-refractivity contribution in [2.75, 3.05) is 13.6 Å². The largest absolute Gasteiger partial charge is 0.346 e. The van der Waals surface area contributed by atoms with E-state index < -0.39 is 0 Å². The summed E-state index contributed by atoms with van der Waals surface area (Å²) in [6.45, 7) is 8.91. The van der Waals surface area contributed by atoms with E-state index in [2.05, 4.69) is 20.8 Å². The maximum absolute atomic E-state index is 11.7. The average Bonchev–Trinajstić information content (AvgIpc) is 1.96. The van der Waals surface area contributed by atoms with Crippen LogP contribution in [0.4, 0.5) is 0 Å². The molecule has 2 nitrogen and oxygen atoms in total. The van der Waals surface area contributed by atoms with Crippen molar-refractivity contribution in [2.45, 2.75) is 45.9 Å². The monoisotopic (exact) mass is 219 g/mol. The summed E-state index contributed by atoms with van der Waals surface area (Å²) in [7, 11) is 1.84. The Morgan fingerprint density at radius 3 is 2.29 bits per heavy atom. The number of amides is 1. The molecular formula is C11H22ClNO. The summed E-state index contributed by atoms with van der Waals surface area (Å²) in [5.41, 5.74) is 0.0674. The first kappa shape index (κ1) is 13.8. The van der Waals surface area contributed by atoms with E-state index in [1.807, 2.05) is 14.0 Å². The first-order valence-corrected chi connectivity index (χ1v) is 5.54. The van der Waals surface area contributed by atoms with Crippen LogP contribution in [0.2, 0.25) is 0 Å². The van der Waals surface area contributed by atoms with Crippen molar-refractivity contribution in [3.8, 4) is 0 Å². The van der Waals surface area contributed by atoms with E-state index in [1.54, 1.807) is 4.90 Å². The van der Waals surface area contributed by atoms with Gasteiger partial charge in [0.25, 0.3) is 0 Å². The molecule has 0 rings (SSSR count). The fourth-order valence-corrected chi connectivity index (χ4v) is 1.18. The highest BCUT2D eigenvalue weighted by molar-refractivity contribution is 6.20. The van der Waals surface area contributed by atoms with Crippen molar-refractivity contribution in [3.05, 3.63) is 0 Å². The number of rotatable bonds is 4. The number of carbonyl (C=O) groups is 1. The minimum absolute atomic E-state index is 0.0674. The zero-order valence-corrected chi connectivity index (χ0v) is 10.7. The summed E-state index contributed by atoms with van der Waals surface area (Å²) < 4.78 is 0. The van der Waals surface area contributed by atoms with E-state index in [0.717, 1.165) is 13.0 Å². The van der Waals surface area contributed by atoms with Gasteiger partial charge in [0.05, 0.1) is 0 Å². The lowest BCUT2D eigenvalue weighted by atomic mass is 9.91. The minimum Gasteiger partial charge on any atom is -0.346 e. The smallest absolute Gasteiger partial charge is 0.222 e. The molecule has 1 atom stereocenters. The zero-order valence-electron chi connectivity index (χ0n) is 9.93. The highest BCUT2D eigenvalue weighted by atomic mass is 35.5. The third kappa shape index (κ3) is 7.19. The number of carbonyl (C=O) groups excluding carboxylic acids is 1. The SMILES string of the molecule is CC(Cl)CCN(C)C(=O)CC(C)(C)C. The molecule has 1 unspecified atom stereocenters. The highest BCUT2D eigenvalue weighted by Gasteiger charge is 2.18. The first-order chi connectivity index (χ1) is 6.22. The fraction of sp³-hybridized carbons (Fsp3) is 0.909. The summed E-state index contributed by atoms with van der Waals surface area (Å²) >= 11 is 5.82. The second kappa shape index (κ2) is 5.59. The Bertz CT molecular complexity index is 184. The summed E-state index contributed by atoms with van der Waals surface area (Å²) in [6.07, 6.45) is 1.45. The van der Waals surface area contributed by atoms with Gasteiger partial charge < -0.3 is 4.90 Å². The molecule has 0 spiro atoms. The number of alkyl halides is 1. The molecule has 0 heterocycles. The van der Waals surface area contributed by atoms with Gasteiger partial charge in [0.15, 0.2) is 0 Å². The molecule has 0 aliphatic carbocycles. The van der Waals surface area contributed by atoms with E-state index in [4.69, 9.17) is 11.6 Å². The van der Waals surface area contributed by atoms with E-state index in [0.29, 0.717) is 6.42 Å². The Morgan fingerprint density at radius 1 is 1.43 bits per heavy atom. The number of hydrogen-bond acceptors (Lipinski definition) is 1. The molecule has 0 bridgehead atoms. The predicted molar refractivity (Wildman–Crippen MR) is 61.6 cm³/mol. The van der Waals surface area contributed by atoms with E-state index in [9.17, 15) is 4.79 Å². The maximum Gasteiger partial charge on any atom is 0.222 e. The molecule has 1 amide bonds. The molecule has 0 fully saturated rings. The molecule has 84 valence electrons. The van der Waals surface area contributed by atoms with Crippen LogP contribution >= 0.6 is 11.6 Å². The zero-order chi connectivity index (χ0) is 11.4. The van der Waals surface area contributed by atoms with Crippen LogP contribution in [0.5, 0.6) is 0 Å². The second-order valence-corrected chi connectivity index (χ2v) is 5.87. The van der Waals surface area contributed by atoms with Gasteiger partial charge in [-0.1, -0.05) is 20.8 Å². The molecule has 0 aromatic rings. The van der Waals surface area contributed by atoms with Crippen LogP contribution in [0.1, 0.15) is 40.5 Å². The maximum atomic E-state index is 11.7. The van der Waals surface area contributed by atoms with Gasteiger partial charge in [0.2, 0.25) is 5.91 Å². The Morgan fingerprint density at radius 2 is 1.93 bits per heavy atom. The summed E-state index contributed by atoms with van der Waals surface area (Å²) in [4.78, 5) is 13.4. The van der Waals surface area contributed by atoms with Crippen molar-refractivity contribution in [1.82, 2.24) is 4.90 Å². The summed E-state index contributed by atoms with van der Waals surface area (Å²) in [6, 6.07) is 0. The van der Waals surface area contributed by atoms with Crippen LogP contribution in [0.3, 0.4) is 0 Å². The van der Waals surface area contributed by atoms with E-state index >= 15 is 0 Å². The number of nitrogens with zero attached hydrogens (tertiary/aromatic N) is 1. The lowest BCUT2D eigenvalue weighted by molar-refractivity contribution is -0.131. The van der Waals surface area contributed by atoms with Crippen molar-refractivity contribution in [2.24, 2.45) is 5.41 Å². The van der Waals surface area contributed by atoms with Crippen molar-refractivity contribution >= 4 is 17.5 Å². The molecule has 0 aliphatic heterocycles. The van der Waals surface area contributed by atoms with Gasteiger partial charge in [-0.15, -0.1) is 11.6 Å². The van der Waals surface area contributed by atoms with Crippen molar-refractivity contribution in [1.29, 1.82) is 0 Å². The molecule has 3 heteroatoms. The molecule has 0 aliphatic rings. The lowest BCUT2D eigenvalue weighted by Gasteiger charge is -2.23. The molecule has 14 heavy (non-hydrogen) atoms. The first-order valence-electron chi connectivity index (χ1n) is 5.10. The fourth-order valence-electron chi connectivity index (χ4n) is 1.08. The van der Waals surface area contributed by atoms with Gasteiger partial charge in [0, 0.05) is 25.4 Å². The Balaban J connectivity index is 3.88. The molecule has 0 aromatic heterocycles. The minimum atomic E-state index is 0.0674. The van der Waals surface area contributed by atoms with Gasteiger partial charge in [-0.05, 0) is 18.8 Å². The number of hydrogen-bond donors (Lipinski definition) is 0. The third-order valence-corrected chi connectivity index (χ3v) is 2.19. The molecule has 0 radical (unpaired) electrons. The van der Waals surface area contributed by atoms with Gasteiger partial charge in [-0.3, -0.25) is 4.79 Å². The normalized spacial score (nSPS) is 13.9. The molecule has 0 aromatic carbocycles. The number of halogens is 1. The predicted octanol–water partition coefficient (Wildman–Crippen LogP) is 2.90. The van der Waals surface area contributed by atoms with Gasteiger partial charge >= 0.3 is 0 Å². The van der Waals surface area contributed by atoms with Crippen molar-refractivity contribution < 1.29 is 4.79 Å². The standard InChI is InChI=1S/C11H22ClNO/c1-9(12)6-7-13(5)10(14)8-11(2,3)4/h9H,6-8H2,1-5H3. The Hall–Kier alpha value is -0.240. The van der Waals surface area contributed by atoms with E-state index in [1.165, 1.54) is 0 Å². The van der Waals surface area contributed by atoms with E-state index in [-0.39, 0.29) is 16.7 Å². The highest BCUT2D eigenvalue weighted by Crippen LogP contribution is 2.19. The lowest BCUT2D eigenvalue weighted by Crippen LogP contribution is -2.31. The summed E-state index contributed by atoms with van der Waals surface area (Å²) in [5, 5.41) is 0.139. The van der Waals surface area contributed by atoms with Crippen LogP contribution in [0.15, 0.2) is 0 Å². The molecular weight excluding hydrogens is 198 g/mol. The van der Waals surface area contributed by atoms with Crippen LogP contribution < -0.4 is 0 Å². The quantitative estimate of drug-likeness (QED) is 0.666. The molecule has 0 saturated carbocycles. The Kier molecular flexibility index (Phi) is 5.50. The molecule has 0 saturated heterocycles. The van der Waals surface area contributed by atoms with Crippen molar-refractivity contribution in [3.63, 3.8) is 0 Å².